The maximum atomic E-state index is 11.9. The van der Waals surface area contributed by atoms with Crippen molar-refractivity contribution in [3.05, 3.63) is 23.8 Å². The molecule has 1 rings (SSSR count). The number of hydrogen-bond acceptors (Lipinski definition) is 4. The first-order valence-electron chi connectivity index (χ1n) is 6.14. The van der Waals surface area contributed by atoms with Crippen LogP contribution in [0.4, 0.5) is 0 Å². The fourth-order valence-electron chi connectivity index (χ4n) is 1.61. The van der Waals surface area contributed by atoms with E-state index in [1.165, 1.54) is 18.2 Å². The van der Waals surface area contributed by atoms with Crippen LogP contribution in [0, 0.1) is 5.41 Å². The zero-order valence-corrected chi connectivity index (χ0v) is 11.6. The van der Waals surface area contributed by atoms with Crippen LogP contribution in [0.1, 0.15) is 30.6 Å². The molecule has 3 N–H and O–H groups in total. The number of methoxy groups -OCH3 is 1. The fraction of sp³-hybridized carbons (Fsp3) is 0.500. The van der Waals surface area contributed by atoms with Crippen LogP contribution < -0.4 is 5.32 Å². The van der Waals surface area contributed by atoms with Crippen molar-refractivity contribution in [2.24, 2.45) is 5.41 Å². The Balaban J connectivity index is 2.60. The van der Waals surface area contributed by atoms with Gasteiger partial charge in [0.2, 0.25) is 0 Å². The largest absolute Gasteiger partial charge is 0.508 e. The molecule has 0 fully saturated rings. The number of nitrogens with one attached hydrogen (secondary N) is 1. The number of rotatable bonds is 6. The summed E-state index contributed by atoms with van der Waals surface area (Å²) in [6.07, 6.45) is 0.828. The molecule has 0 unspecified atom stereocenters. The Kier molecular flexibility index (Phi) is 5.18. The predicted octanol–water partition coefficient (Wildman–Crippen LogP) is 1.89. The molecule has 19 heavy (non-hydrogen) atoms. The highest BCUT2D eigenvalue weighted by Gasteiger charge is 2.19. The number of ether oxygens (including phenoxy) is 1. The Morgan fingerprint density at radius 1 is 1.26 bits per heavy atom. The average Bonchev–Trinajstić information content (AvgIpc) is 2.32. The van der Waals surface area contributed by atoms with Crippen LogP contribution in [-0.4, -0.2) is 36.4 Å². The van der Waals surface area contributed by atoms with E-state index >= 15 is 0 Å². The van der Waals surface area contributed by atoms with Crippen LogP contribution in [0.15, 0.2) is 18.2 Å². The third kappa shape index (κ3) is 5.18. The van der Waals surface area contributed by atoms with Crippen molar-refractivity contribution in [2.75, 3.05) is 20.3 Å². The second-order valence-corrected chi connectivity index (χ2v) is 5.33. The Hall–Kier alpha value is -1.75. The lowest BCUT2D eigenvalue weighted by molar-refractivity contribution is 0.0920. The van der Waals surface area contributed by atoms with E-state index in [2.05, 4.69) is 5.32 Å². The van der Waals surface area contributed by atoms with Gasteiger partial charge in [-0.2, -0.15) is 0 Å². The summed E-state index contributed by atoms with van der Waals surface area (Å²) in [5.41, 5.74) is 0.157. The van der Waals surface area contributed by atoms with Crippen molar-refractivity contribution in [3.63, 3.8) is 0 Å². The van der Waals surface area contributed by atoms with E-state index < -0.39 is 0 Å². The number of aromatic hydroxyl groups is 2. The van der Waals surface area contributed by atoms with E-state index in [9.17, 15) is 15.0 Å². The molecule has 0 aromatic heterocycles. The molecule has 0 heterocycles. The average molecular weight is 267 g/mol. The first kappa shape index (κ1) is 15.3. The summed E-state index contributed by atoms with van der Waals surface area (Å²) < 4.78 is 5.02. The molecule has 0 aliphatic heterocycles. The number of benzene rings is 1. The van der Waals surface area contributed by atoms with Gasteiger partial charge in [0.1, 0.15) is 11.5 Å². The molecule has 0 spiro atoms. The van der Waals surface area contributed by atoms with Crippen molar-refractivity contribution in [3.8, 4) is 11.5 Å². The second kappa shape index (κ2) is 6.43. The van der Waals surface area contributed by atoms with Gasteiger partial charge in [-0.1, -0.05) is 13.8 Å². The number of carbonyl (C=O) groups is 1. The molecule has 0 saturated heterocycles. The molecule has 1 aromatic carbocycles. The zero-order chi connectivity index (χ0) is 14.5. The lowest BCUT2D eigenvalue weighted by atomic mass is 9.89. The molecule has 0 aliphatic carbocycles. The van der Waals surface area contributed by atoms with Gasteiger partial charge in [0.25, 0.3) is 5.91 Å². The van der Waals surface area contributed by atoms with Gasteiger partial charge >= 0.3 is 0 Å². The van der Waals surface area contributed by atoms with Crippen molar-refractivity contribution in [1.82, 2.24) is 5.32 Å². The van der Waals surface area contributed by atoms with E-state index in [0.717, 1.165) is 6.42 Å². The fourth-order valence-corrected chi connectivity index (χ4v) is 1.61. The predicted molar refractivity (Wildman–Crippen MR) is 72.4 cm³/mol. The van der Waals surface area contributed by atoms with Crippen molar-refractivity contribution < 1.29 is 19.7 Å². The first-order valence-corrected chi connectivity index (χ1v) is 6.14. The molecule has 0 aliphatic rings. The summed E-state index contributed by atoms with van der Waals surface area (Å²) in [5, 5.41) is 21.4. The topological polar surface area (TPSA) is 78.8 Å². The number of phenols is 2. The third-order valence-electron chi connectivity index (χ3n) is 2.88. The van der Waals surface area contributed by atoms with Crippen LogP contribution in [0.2, 0.25) is 0 Å². The molecule has 1 amide bonds. The number of phenolic OH excluding ortho intramolecular Hbond substituents is 2. The molecule has 1 aromatic rings. The van der Waals surface area contributed by atoms with Gasteiger partial charge in [-0.25, -0.2) is 0 Å². The standard InChI is InChI=1S/C14H21NO4/c1-14(2,4-5-19-3)9-15-13(18)10-6-11(16)8-12(17)7-10/h6-8,16-17H,4-5,9H2,1-3H3,(H,15,18). The van der Waals surface area contributed by atoms with Gasteiger partial charge < -0.3 is 20.3 Å². The number of amides is 1. The molecule has 106 valence electrons. The maximum absolute atomic E-state index is 11.9. The molecule has 0 atom stereocenters. The van der Waals surface area contributed by atoms with E-state index in [0.29, 0.717) is 13.2 Å². The Morgan fingerprint density at radius 3 is 2.37 bits per heavy atom. The van der Waals surface area contributed by atoms with Gasteiger partial charge in [0.05, 0.1) is 0 Å². The smallest absolute Gasteiger partial charge is 0.251 e. The molecule has 5 nitrogen and oxygen atoms in total. The van der Waals surface area contributed by atoms with Crippen molar-refractivity contribution in [2.45, 2.75) is 20.3 Å². The second-order valence-electron chi connectivity index (χ2n) is 5.33. The van der Waals surface area contributed by atoms with Crippen LogP contribution in [0.5, 0.6) is 11.5 Å². The van der Waals surface area contributed by atoms with Crippen molar-refractivity contribution >= 4 is 5.91 Å². The third-order valence-corrected chi connectivity index (χ3v) is 2.88. The Bertz CT molecular complexity index is 423. The SMILES string of the molecule is COCCC(C)(C)CNC(=O)c1cc(O)cc(O)c1. The van der Waals surface area contributed by atoms with Gasteiger partial charge in [-0.15, -0.1) is 0 Å². The molecular formula is C14H21NO4. The van der Waals surface area contributed by atoms with Gasteiger partial charge in [-0.3, -0.25) is 4.79 Å². The van der Waals surface area contributed by atoms with Crippen LogP contribution >= 0.6 is 0 Å². The van der Waals surface area contributed by atoms with Gasteiger partial charge in [0.15, 0.2) is 0 Å². The minimum Gasteiger partial charge on any atom is -0.508 e. The van der Waals surface area contributed by atoms with E-state index in [-0.39, 0.29) is 28.4 Å². The summed E-state index contributed by atoms with van der Waals surface area (Å²) >= 11 is 0. The van der Waals surface area contributed by atoms with Crippen LogP contribution in [0.3, 0.4) is 0 Å². The van der Waals surface area contributed by atoms with Gasteiger partial charge in [-0.05, 0) is 24.0 Å². The summed E-state index contributed by atoms with van der Waals surface area (Å²) in [4.78, 5) is 11.9. The molecular weight excluding hydrogens is 246 g/mol. The first-order chi connectivity index (χ1) is 8.84. The summed E-state index contributed by atoms with van der Waals surface area (Å²) in [7, 11) is 1.64. The maximum Gasteiger partial charge on any atom is 0.251 e. The molecule has 5 heteroatoms. The molecule has 0 radical (unpaired) electrons. The van der Waals surface area contributed by atoms with Crippen LogP contribution in [-0.2, 0) is 4.74 Å². The Morgan fingerprint density at radius 2 is 1.84 bits per heavy atom. The lowest BCUT2D eigenvalue weighted by Crippen LogP contribution is -2.34. The number of carbonyl (C=O) groups excluding carboxylic acids is 1. The highest BCUT2D eigenvalue weighted by Crippen LogP contribution is 2.21. The minimum atomic E-state index is -0.323. The number of hydrogen-bond donors (Lipinski definition) is 3. The zero-order valence-electron chi connectivity index (χ0n) is 11.6. The summed E-state index contributed by atoms with van der Waals surface area (Å²) in [6, 6.07) is 3.81. The highest BCUT2D eigenvalue weighted by molar-refractivity contribution is 5.95. The quantitative estimate of drug-likeness (QED) is 0.735. The van der Waals surface area contributed by atoms with Crippen molar-refractivity contribution in [1.29, 1.82) is 0 Å². The van der Waals surface area contributed by atoms with Crippen LogP contribution in [0.25, 0.3) is 0 Å². The molecule has 0 saturated carbocycles. The van der Waals surface area contributed by atoms with E-state index in [1.54, 1.807) is 7.11 Å². The highest BCUT2D eigenvalue weighted by atomic mass is 16.5. The minimum absolute atomic E-state index is 0.0788. The lowest BCUT2D eigenvalue weighted by Gasteiger charge is -2.24. The summed E-state index contributed by atoms with van der Waals surface area (Å²) in [6.45, 7) is 5.19. The molecule has 0 bridgehead atoms. The van der Waals surface area contributed by atoms with E-state index in [4.69, 9.17) is 4.74 Å². The Labute approximate surface area is 113 Å². The van der Waals surface area contributed by atoms with E-state index in [1.807, 2.05) is 13.8 Å². The monoisotopic (exact) mass is 267 g/mol. The summed E-state index contributed by atoms with van der Waals surface area (Å²) in [5.74, 6) is -0.593. The van der Waals surface area contributed by atoms with Gasteiger partial charge in [0, 0.05) is 31.9 Å². The normalized spacial score (nSPS) is 11.3.